The van der Waals surface area contributed by atoms with Gasteiger partial charge in [0, 0.05) is 39.3 Å². The van der Waals surface area contributed by atoms with Crippen LogP contribution in [0.2, 0.25) is 0 Å². The zero-order valence-electron chi connectivity index (χ0n) is 27.7. The maximum Gasteiger partial charge on any atom is 0.173 e. The smallest absolute Gasteiger partial charge is 0.173 e. The van der Waals surface area contributed by atoms with Gasteiger partial charge in [0.15, 0.2) is 11.6 Å². The van der Waals surface area contributed by atoms with Gasteiger partial charge in [-0.2, -0.15) is 0 Å². The monoisotopic (exact) mass is 638 g/mol. The molecule has 0 N–H and O–H groups in total. The Hall–Kier alpha value is -5.06. The summed E-state index contributed by atoms with van der Waals surface area (Å²) in [5.41, 5.74) is 7.41. The molecule has 7 rings (SSSR count). The summed E-state index contributed by atoms with van der Waals surface area (Å²) in [6.07, 6.45) is 1.73. The number of hydrogen-bond donors (Lipinski definition) is 0. The van der Waals surface area contributed by atoms with Crippen LogP contribution in [0.5, 0.6) is 0 Å². The summed E-state index contributed by atoms with van der Waals surface area (Å²) >= 11 is 0. The van der Waals surface area contributed by atoms with Crippen LogP contribution in [0, 0.1) is 13.8 Å². The first kappa shape index (κ1) is 31.5. The second-order valence-corrected chi connectivity index (χ2v) is 12.7. The predicted molar refractivity (Wildman–Crippen MR) is 185 cm³/mol. The van der Waals surface area contributed by atoms with E-state index in [4.69, 9.17) is 0 Å². The van der Waals surface area contributed by atoms with Gasteiger partial charge in [0.25, 0.3) is 0 Å². The fourth-order valence-corrected chi connectivity index (χ4v) is 6.69. The Morgan fingerprint density at radius 1 is 0.500 bits per heavy atom. The second kappa shape index (κ2) is 14.8. The molecule has 2 atom stereocenters. The number of aromatic nitrogens is 8. The molecule has 0 aliphatic carbocycles. The first-order valence-corrected chi connectivity index (χ1v) is 16.8. The van der Waals surface area contributed by atoms with Crippen LogP contribution < -0.4 is 0 Å². The van der Waals surface area contributed by atoms with E-state index in [2.05, 4.69) is 152 Å². The number of piperazine rings is 1. The van der Waals surface area contributed by atoms with Crippen molar-refractivity contribution >= 4 is 0 Å². The van der Waals surface area contributed by atoms with E-state index >= 15 is 0 Å². The number of rotatable bonds is 12. The average molecular weight is 639 g/mol. The maximum absolute atomic E-state index is 4.63. The Bertz CT molecular complexity index is 1720. The lowest BCUT2D eigenvalue weighted by molar-refractivity contribution is 0.0822. The van der Waals surface area contributed by atoms with Crippen molar-refractivity contribution in [3.63, 3.8) is 0 Å². The van der Waals surface area contributed by atoms with Crippen LogP contribution in [-0.4, -0.2) is 76.4 Å². The molecule has 10 heteroatoms. The quantitative estimate of drug-likeness (QED) is 0.179. The largest absolute Gasteiger partial charge is 0.287 e. The van der Waals surface area contributed by atoms with Gasteiger partial charge in [-0.3, -0.25) is 9.80 Å². The van der Waals surface area contributed by atoms with Crippen LogP contribution in [0.25, 0.3) is 0 Å². The van der Waals surface area contributed by atoms with Crippen molar-refractivity contribution in [2.24, 2.45) is 0 Å². The van der Waals surface area contributed by atoms with Crippen molar-refractivity contribution < 1.29 is 0 Å². The highest BCUT2D eigenvalue weighted by Gasteiger charge is 2.35. The van der Waals surface area contributed by atoms with Gasteiger partial charge in [0.05, 0.1) is 12.1 Å². The van der Waals surface area contributed by atoms with Crippen molar-refractivity contribution in [2.45, 2.75) is 51.9 Å². The SMILES string of the molecule is Cc1ccc([C@H](c2nnnn2CCc2ccccc2)N2CCN([C@H](c3ccc(C)cc3)c3nnnn3CCc3ccccc3)CC2)cc1. The fourth-order valence-electron chi connectivity index (χ4n) is 6.69. The molecule has 48 heavy (non-hydrogen) atoms. The van der Waals surface area contributed by atoms with Gasteiger partial charge in [0.2, 0.25) is 0 Å². The highest BCUT2D eigenvalue weighted by Crippen LogP contribution is 2.33. The summed E-state index contributed by atoms with van der Waals surface area (Å²) in [4.78, 5) is 5.05. The Labute approximate surface area is 282 Å². The van der Waals surface area contributed by atoms with Crippen molar-refractivity contribution in [1.29, 1.82) is 0 Å². The van der Waals surface area contributed by atoms with Gasteiger partial charge in [-0.25, -0.2) is 9.36 Å². The van der Waals surface area contributed by atoms with E-state index in [1.807, 2.05) is 21.5 Å². The molecule has 1 aliphatic heterocycles. The molecule has 0 bridgehead atoms. The van der Waals surface area contributed by atoms with Gasteiger partial charge >= 0.3 is 0 Å². The molecule has 244 valence electrons. The molecule has 0 spiro atoms. The van der Waals surface area contributed by atoms with Crippen LogP contribution >= 0.6 is 0 Å². The molecule has 6 aromatic rings. The molecular weight excluding hydrogens is 596 g/mol. The van der Waals surface area contributed by atoms with Crippen LogP contribution in [0.4, 0.5) is 0 Å². The average Bonchev–Trinajstić information content (AvgIpc) is 3.80. The normalized spacial score (nSPS) is 15.4. The number of hydrogen-bond acceptors (Lipinski definition) is 8. The van der Waals surface area contributed by atoms with Crippen molar-refractivity contribution in [2.75, 3.05) is 26.2 Å². The summed E-state index contributed by atoms with van der Waals surface area (Å²) in [5.74, 6) is 1.76. The minimum Gasteiger partial charge on any atom is -0.287 e. The first-order valence-electron chi connectivity index (χ1n) is 16.8. The molecule has 0 radical (unpaired) electrons. The lowest BCUT2D eigenvalue weighted by atomic mass is 9.99. The minimum atomic E-state index is -0.0625. The maximum atomic E-state index is 4.63. The Morgan fingerprint density at radius 2 is 0.875 bits per heavy atom. The Kier molecular flexibility index (Phi) is 9.72. The Balaban J connectivity index is 1.14. The number of tetrazole rings is 2. The third-order valence-electron chi connectivity index (χ3n) is 9.38. The molecular formula is C38H42N10. The number of nitrogens with zero attached hydrogens (tertiary/aromatic N) is 10. The zero-order chi connectivity index (χ0) is 32.7. The van der Waals surface area contributed by atoms with E-state index in [0.29, 0.717) is 0 Å². The van der Waals surface area contributed by atoms with Gasteiger partial charge in [-0.15, -0.1) is 10.2 Å². The van der Waals surface area contributed by atoms with Gasteiger partial charge < -0.3 is 0 Å². The lowest BCUT2D eigenvalue weighted by Gasteiger charge is -2.41. The Morgan fingerprint density at radius 3 is 1.25 bits per heavy atom. The van der Waals surface area contributed by atoms with E-state index in [0.717, 1.165) is 63.8 Å². The number of benzene rings is 4. The summed E-state index contributed by atoms with van der Waals surface area (Å²) in [7, 11) is 0. The van der Waals surface area contributed by atoms with E-state index in [9.17, 15) is 0 Å². The van der Waals surface area contributed by atoms with Crippen molar-refractivity contribution in [1.82, 2.24) is 50.2 Å². The van der Waals surface area contributed by atoms with Gasteiger partial charge in [0.1, 0.15) is 0 Å². The summed E-state index contributed by atoms with van der Waals surface area (Å²) in [6, 6.07) is 38.5. The molecule has 1 fully saturated rings. The molecule has 0 unspecified atom stereocenters. The lowest BCUT2D eigenvalue weighted by Crippen LogP contribution is -2.50. The van der Waals surface area contributed by atoms with E-state index in [1.165, 1.54) is 33.4 Å². The minimum absolute atomic E-state index is 0.0625. The zero-order valence-corrected chi connectivity index (χ0v) is 27.7. The van der Waals surface area contributed by atoms with E-state index in [-0.39, 0.29) is 12.1 Å². The highest BCUT2D eigenvalue weighted by atomic mass is 15.6. The second-order valence-electron chi connectivity index (χ2n) is 12.7. The summed E-state index contributed by atoms with van der Waals surface area (Å²) < 4.78 is 3.97. The molecule has 0 saturated carbocycles. The van der Waals surface area contributed by atoms with Crippen molar-refractivity contribution in [3.05, 3.63) is 154 Å². The fraction of sp³-hybridized carbons (Fsp3) is 0.316. The van der Waals surface area contributed by atoms with E-state index in [1.54, 1.807) is 0 Å². The van der Waals surface area contributed by atoms with Crippen LogP contribution in [-0.2, 0) is 25.9 Å². The van der Waals surface area contributed by atoms with E-state index < -0.39 is 0 Å². The molecule has 10 nitrogen and oxygen atoms in total. The third-order valence-corrected chi connectivity index (χ3v) is 9.38. The molecule has 2 aromatic heterocycles. The highest BCUT2D eigenvalue weighted by molar-refractivity contribution is 5.30. The van der Waals surface area contributed by atoms with Crippen molar-refractivity contribution in [3.8, 4) is 0 Å². The topological polar surface area (TPSA) is 93.7 Å². The molecule has 3 heterocycles. The third kappa shape index (κ3) is 7.25. The van der Waals surface area contributed by atoms with Crippen LogP contribution in [0.15, 0.2) is 109 Å². The molecule has 1 aliphatic rings. The molecule has 0 amide bonds. The van der Waals surface area contributed by atoms with Crippen LogP contribution in [0.3, 0.4) is 0 Å². The van der Waals surface area contributed by atoms with Crippen LogP contribution in [0.1, 0.15) is 57.1 Å². The standard InChI is InChI=1S/C38H42N10/c1-29-13-17-33(18-14-29)35(37-39-41-43-47(37)23-21-31-9-5-3-6-10-31)45-25-27-46(28-26-45)36(34-19-15-30(2)16-20-34)38-40-42-44-48(38)24-22-32-11-7-4-8-12-32/h3-20,35-36H,21-28H2,1-2H3/t35-,36-/m1/s1. The molecule has 1 saturated heterocycles. The summed E-state index contributed by atoms with van der Waals surface area (Å²) in [5, 5.41) is 26.5. The molecule has 4 aromatic carbocycles. The van der Waals surface area contributed by atoms with Gasteiger partial charge in [-0.1, -0.05) is 120 Å². The first-order chi connectivity index (χ1) is 23.6. The number of aryl methyl sites for hydroxylation is 6. The summed E-state index contributed by atoms with van der Waals surface area (Å²) in [6.45, 7) is 9.07. The predicted octanol–water partition coefficient (Wildman–Crippen LogP) is 5.26. The van der Waals surface area contributed by atoms with Gasteiger partial charge in [-0.05, 0) is 69.8 Å².